The van der Waals surface area contributed by atoms with Gasteiger partial charge >= 0.3 is 0 Å². The van der Waals surface area contributed by atoms with E-state index < -0.39 is 28.5 Å². The lowest BCUT2D eigenvalue weighted by atomic mass is 10.0. The van der Waals surface area contributed by atoms with E-state index in [2.05, 4.69) is 21.2 Å². The number of hydrogen-bond acceptors (Lipinski definition) is 4. The Kier molecular flexibility index (Phi) is 10.8. The van der Waals surface area contributed by atoms with Crippen LogP contribution < -0.4 is 9.62 Å². The fourth-order valence-electron chi connectivity index (χ4n) is 4.08. The largest absolute Gasteiger partial charge is 0.355 e. The molecule has 1 atom stereocenters. The molecule has 3 aromatic rings. The number of rotatable bonds is 11. The van der Waals surface area contributed by atoms with Gasteiger partial charge in [-0.15, -0.1) is 0 Å². The smallest absolute Gasteiger partial charge is 0.244 e. The van der Waals surface area contributed by atoms with Gasteiger partial charge in [-0.1, -0.05) is 75.5 Å². The Hall–Kier alpha value is -2.59. The number of nitrogens with one attached hydrogen (secondary N) is 1. The molecule has 0 aliphatic heterocycles. The van der Waals surface area contributed by atoms with Gasteiger partial charge in [-0.25, -0.2) is 8.42 Å². The van der Waals surface area contributed by atoms with Gasteiger partial charge in [0.05, 0.1) is 22.0 Å². The molecule has 11 heteroatoms. The van der Waals surface area contributed by atoms with E-state index in [-0.39, 0.29) is 18.9 Å². The molecule has 39 heavy (non-hydrogen) atoms. The summed E-state index contributed by atoms with van der Waals surface area (Å²) in [4.78, 5) is 28.7. The van der Waals surface area contributed by atoms with E-state index in [0.717, 1.165) is 26.2 Å². The van der Waals surface area contributed by atoms with Crippen LogP contribution in [0.25, 0.3) is 0 Å². The number of aryl methyl sites for hydroxylation is 1. The first-order valence-electron chi connectivity index (χ1n) is 12.2. The van der Waals surface area contributed by atoms with Crippen molar-refractivity contribution in [2.24, 2.45) is 0 Å². The summed E-state index contributed by atoms with van der Waals surface area (Å²) >= 11 is 15.8. The van der Waals surface area contributed by atoms with Crippen molar-refractivity contribution < 1.29 is 18.0 Å². The molecule has 3 aromatic carbocycles. The number of nitrogens with zero attached hydrogens (tertiary/aromatic N) is 2. The van der Waals surface area contributed by atoms with Crippen LogP contribution in [0.5, 0.6) is 0 Å². The summed E-state index contributed by atoms with van der Waals surface area (Å²) < 4.78 is 27.6. The maximum atomic E-state index is 14.0. The summed E-state index contributed by atoms with van der Waals surface area (Å²) in [5, 5.41) is 3.49. The fraction of sp³-hybridized carbons (Fsp3) is 0.286. The van der Waals surface area contributed by atoms with Crippen molar-refractivity contribution in [2.45, 2.75) is 32.9 Å². The number of benzene rings is 3. The van der Waals surface area contributed by atoms with E-state index in [0.29, 0.717) is 27.8 Å². The van der Waals surface area contributed by atoms with Crippen LogP contribution in [0.1, 0.15) is 23.6 Å². The van der Waals surface area contributed by atoms with Crippen molar-refractivity contribution in [3.05, 3.63) is 97.9 Å². The molecule has 1 N–H and O–H groups in total. The highest BCUT2D eigenvalue weighted by Crippen LogP contribution is 2.27. The lowest BCUT2D eigenvalue weighted by molar-refractivity contribution is -0.140. The lowest BCUT2D eigenvalue weighted by Crippen LogP contribution is -2.53. The highest BCUT2D eigenvalue weighted by Gasteiger charge is 2.33. The lowest BCUT2D eigenvalue weighted by Gasteiger charge is -2.33. The number of sulfonamides is 1. The predicted molar refractivity (Wildman–Crippen MR) is 161 cm³/mol. The Morgan fingerprint density at radius 2 is 1.67 bits per heavy atom. The van der Waals surface area contributed by atoms with Crippen LogP contribution in [0.2, 0.25) is 10.0 Å². The summed E-state index contributed by atoms with van der Waals surface area (Å²) in [6.45, 7) is 3.51. The second kappa shape index (κ2) is 13.7. The average molecular weight is 655 g/mol. The first kappa shape index (κ1) is 30.9. The van der Waals surface area contributed by atoms with Crippen molar-refractivity contribution in [3.8, 4) is 0 Å². The number of amides is 2. The molecule has 0 aromatic heterocycles. The Balaban J connectivity index is 2.07. The standard InChI is InChI=1S/C28H30BrCl2N3O4S/c1-4-32-28(36)26(16-20-8-6-5-7-9-20)33(17-21-10-13-24(30)25(31)15-21)27(35)18-34(39(3,37)38)22-11-12-23(29)19(2)14-22/h5-15,26H,4,16-18H2,1-3H3,(H,32,36)/t26-/m0/s1. The van der Waals surface area contributed by atoms with Gasteiger partial charge < -0.3 is 10.2 Å². The van der Waals surface area contributed by atoms with Gasteiger partial charge in [0.2, 0.25) is 21.8 Å². The zero-order valence-corrected chi connectivity index (χ0v) is 25.7. The van der Waals surface area contributed by atoms with Crippen LogP contribution in [0.4, 0.5) is 5.69 Å². The van der Waals surface area contributed by atoms with Crippen LogP contribution in [-0.4, -0.2) is 50.5 Å². The Bertz CT molecular complexity index is 1440. The molecule has 0 fully saturated rings. The molecule has 0 saturated carbocycles. The second-order valence-electron chi connectivity index (χ2n) is 9.07. The molecule has 0 bridgehead atoms. The van der Waals surface area contributed by atoms with Crippen LogP contribution in [-0.2, 0) is 32.6 Å². The fourth-order valence-corrected chi connectivity index (χ4v) is 5.49. The molecule has 0 saturated heterocycles. The average Bonchev–Trinajstić information content (AvgIpc) is 2.88. The van der Waals surface area contributed by atoms with Gasteiger partial charge in [-0.05, 0) is 60.9 Å². The number of likely N-dealkylation sites (N-methyl/N-ethyl adjacent to an activating group) is 1. The van der Waals surface area contributed by atoms with Gasteiger partial charge in [-0.2, -0.15) is 0 Å². The molecule has 0 aliphatic carbocycles. The van der Waals surface area contributed by atoms with Gasteiger partial charge in [0.1, 0.15) is 12.6 Å². The molecule has 2 amide bonds. The van der Waals surface area contributed by atoms with Gasteiger partial charge in [0, 0.05) is 24.0 Å². The molecular formula is C28H30BrCl2N3O4S. The third-order valence-corrected chi connectivity index (χ3v) is 8.84. The second-order valence-corrected chi connectivity index (χ2v) is 12.6. The van der Waals surface area contributed by atoms with Crippen molar-refractivity contribution in [2.75, 3.05) is 23.7 Å². The first-order valence-corrected chi connectivity index (χ1v) is 15.6. The number of carbonyl (C=O) groups excluding carboxylic acids is 2. The minimum Gasteiger partial charge on any atom is -0.355 e. The van der Waals surface area contributed by atoms with Crippen LogP contribution >= 0.6 is 39.1 Å². The Labute approximate surface area is 248 Å². The van der Waals surface area contributed by atoms with Crippen molar-refractivity contribution in [3.63, 3.8) is 0 Å². The monoisotopic (exact) mass is 653 g/mol. The van der Waals surface area contributed by atoms with Crippen molar-refractivity contribution in [1.82, 2.24) is 10.2 Å². The van der Waals surface area contributed by atoms with E-state index in [1.165, 1.54) is 4.90 Å². The molecule has 208 valence electrons. The number of hydrogen-bond donors (Lipinski definition) is 1. The molecule has 0 unspecified atom stereocenters. The summed E-state index contributed by atoms with van der Waals surface area (Å²) in [6.07, 6.45) is 1.28. The third-order valence-electron chi connectivity index (χ3n) is 6.07. The van der Waals surface area contributed by atoms with Gasteiger partial charge in [-0.3, -0.25) is 13.9 Å². The molecule has 0 spiro atoms. The van der Waals surface area contributed by atoms with Crippen LogP contribution in [0, 0.1) is 6.92 Å². The van der Waals surface area contributed by atoms with Crippen molar-refractivity contribution >= 4 is 66.7 Å². The van der Waals surface area contributed by atoms with E-state index in [4.69, 9.17) is 23.2 Å². The first-order chi connectivity index (χ1) is 18.4. The molecule has 0 heterocycles. The maximum absolute atomic E-state index is 14.0. The third kappa shape index (κ3) is 8.45. The highest BCUT2D eigenvalue weighted by atomic mass is 79.9. The van der Waals surface area contributed by atoms with E-state index in [1.807, 2.05) is 37.3 Å². The summed E-state index contributed by atoms with van der Waals surface area (Å²) in [7, 11) is -3.84. The zero-order valence-electron chi connectivity index (χ0n) is 21.8. The van der Waals surface area contributed by atoms with E-state index >= 15 is 0 Å². The molecule has 0 radical (unpaired) electrons. The molecule has 3 rings (SSSR count). The number of halogens is 3. The van der Waals surface area contributed by atoms with E-state index in [1.54, 1.807) is 43.3 Å². The predicted octanol–water partition coefficient (Wildman–Crippen LogP) is 5.61. The van der Waals surface area contributed by atoms with Gasteiger partial charge in [0.15, 0.2) is 0 Å². The molecular weight excluding hydrogens is 625 g/mol. The summed E-state index contributed by atoms with van der Waals surface area (Å²) in [5.74, 6) is -0.889. The number of carbonyl (C=O) groups is 2. The summed E-state index contributed by atoms with van der Waals surface area (Å²) in [6, 6.07) is 18.4. The van der Waals surface area contributed by atoms with E-state index in [9.17, 15) is 18.0 Å². The normalized spacial score (nSPS) is 12.1. The SMILES string of the molecule is CCNC(=O)[C@H](Cc1ccccc1)N(Cc1ccc(Cl)c(Cl)c1)C(=O)CN(c1ccc(Br)c(C)c1)S(C)(=O)=O. The Morgan fingerprint density at radius 3 is 2.26 bits per heavy atom. The topological polar surface area (TPSA) is 86.8 Å². The minimum atomic E-state index is -3.84. The Morgan fingerprint density at radius 1 is 0.974 bits per heavy atom. The van der Waals surface area contributed by atoms with Crippen molar-refractivity contribution in [1.29, 1.82) is 0 Å². The highest BCUT2D eigenvalue weighted by molar-refractivity contribution is 9.10. The minimum absolute atomic E-state index is 0.0152. The summed E-state index contributed by atoms with van der Waals surface area (Å²) in [5.41, 5.74) is 2.65. The van der Waals surface area contributed by atoms with Gasteiger partial charge in [0.25, 0.3) is 0 Å². The molecule has 7 nitrogen and oxygen atoms in total. The maximum Gasteiger partial charge on any atom is 0.244 e. The zero-order chi connectivity index (χ0) is 28.7. The van der Waals surface area contributed by atoms with Crippen LogP contribution in [0.3, 0.4) is 0 Å². The molecule has 0 aliphatic rings. The quantitative estimate of drug-likeness (QED) is 0.291. The van der Waals surface area contributed by atoms with Crippen LogP contribution in [0.15, 0.2) is 71.2 Å². The number of anilines is 1.